The molecule has 0 saturated carbocycles. The molecule has 2 atom stereocenters. The lowest BCUT2D eigenvalue weighted by molar-refractivity contribution is 0.168. The zero-order chi connectivity index (χ0) is 13.2. The smallest absolute Gasteiger partial charge is 0.242 e. The van der Waals surface area contributed by atoms with E-state index in [9.17, 15) is 13.5 Å². The Morgan fingerprint density at radius 3 is 2.18 bits per heavy atom. The highest BCUT2D eigenvalue weighted by Gasteiger charge is 2.24. The monoisotopic (exact) mass is 257 g/mol. The standard InChI is InChI=1S/C12H19NO3S/c1-9(10(2)14)11-7-5-6-8-12(11)17(15,16)13(3)4/h5-10,14H,1-4H3. The van der Waals surface area contributed by atoms with Gasteiger partial charge in [-0.3, -0.25) is 0 Å². The molecular weight excluding hydrogens is 238 g/mol. The Morgan fingerprint density at radius 2 is 1.71 bits per heavy atom. The second kappa shape index (κ2) is 5.16. The molecule has 17 heavy (non-hydrogen) atoms. The fraction of sp³-hybridized carbons (Fsp3) is 0.500. The van der Waals surface area contributed by atoms with Gasteiger partial charge in [-0.15, -0.1) is 0 Å². The number of aliphatic hydroxyl groups is 1. The van der Waals surface area contributed by atoms with Crippen LogP contribution in [0.1, 0.15) is 25.3 Å². The third-order valence-electron chi connectivity index (χ3n) is 2.89. The lowest BCUT2D eigenvalue weighted by Crippen LogP contribution is -2.25. The van der Waals surface area contributed by atoms with Crippen molar-refractivity contribution >= 4 is 10.0 Å². The van der Waals surface area contributed by atoms with Crippen LogP contribution in [0.4, 0.5) is 0 Å². The van der Waals surface area contributed by atoms with E-state index >= 15 is 0 Å². The topological polar surface area (TPSA) is 57.6 Å². The summed E-state index contributed by atoms with van der Waals surface area (Å²) in [5, 5.41) is 9.59. The summed E-state index contributed by atoms with van der Waals surface area (Å²) in [4.78, 5) is 0.262. The highest BCUT2D eigenvalue weighted by molar-refractivity contribution is 7.89. The molecule has 0 aliphatic heterocycles. The number of sulfonamides is 1. The summed E-state index contributed by atoms with van der Waals surface area (Å²) in [6.45, 7) is 3.47. The summed E-state index contributed by atoms with van der Waals surface area (Å²) in [5.74, 6) is -0.221. The van der Waals surface area contributed by atoms with Gasteiger partial charge >= 0.3 is 0 Å². The first-order valence-corrected chi connectivity index (χ1v) is 6.92. The first kappa shape index (κ1) is 14.2. The van der Waals surface area contributed by atoms with Gasteiger partial charge < -0.3 is 5.11 Å². The van der Waals surface area contributed by atoms with Crippen LogP contribution in [-0.4, -0.2) is 38.0 Å². The average molecular weight is 257 g/mol. The largest absolute Gasteiger partial charge is 0.393 e. The third-order valence-corrected chi connectivity index (χ3v) is 4.78. The molecule has 5 heteroatoms. The predicted octanol–water partition coefficient (Wildman–Crippen LogP) is 1.42. The van der Waals surface area contributed by atoms with Gasteiger partial charge in [-0.25, -0.2) is 12.7 Å². The van der Waals surface area contributed by atoms with Crippen LogP contribution in [0.3, 0.4) is 0 Å². The zero-order valence-electron chi connectivity index (χ0n) is 10.6. The van der Waals surface area contributed by atoms with Crippen LogP contribution in [0.25, 0.3) is 0 Å². The fourth-order valence-corrected chi connectivity index (χ4v) is 2.74. The predicted molar refractivity (Wildman–Crippen MR) is 67.4 cm³/mol. The minimum atomic E-state index is -3.46. The van der Waals surface area contributed by atoms with Crippen molar-refractivity contribution in [2.24, 2.45) is 0 Å². The highest BCUT2D eigenvalue weighted by Crippen LogP contribution is 2.27. The summed E-state index contributed by atoms with van der Waals surface area (Å²) in [5.41, 5.74) is 0.649. The Hall–Kier alpha value is -0.910. The van der Waals surface area contributed by atoms with Crippen molar-refractivity contribution in [2.45, 2.75) is 30.8 Å². The maximum atomic E-state index is 12.1. The van der Waals surface area contributed by atoms with Crippen molar-refractivity contribution in [2.75, 3.05) is 14.1 Å². The molecule has 1 rings (SSSR count). The molecule has 0 spiro atoms. The number of hydrogen-bond acceptors (Lipinski definition) is 3. The van der Waals surface area contributed by atoms with Gasteiger partial charge in [0.15, 0.2) is 0 Å². The van der Waals surface area contributed by atoms with Crippen molar-refractivity contribution in [1.29, 1.82) is 0 Å². The molecule has 0 bridgehead atoms. The van der Waals surface area contributed by atoms with E-state index in [4.69, 9.17) is 0 Å². The Balaban J connectivity index is 3.36. The average Bonchev–Trinajstić information content (AvgIpc) is 2.27. The van der Waals surface area contributed by atoms with Crippen LogP contribution in [0, 0.1) is 0 Å². The molecule has 96 valence electrons. The molecule has 1 N–H and O–H groups in total. The SMILES string of the molecule is CC(O)C(C)c1ccccc1S(=O)(=O)N(C)C. The van der Waals surface area contributed by atoms with Crippen molar-refractivity contribution < 1.29 is 13.5 Å². The van der Waals surface area contributed by atoms with E-state index in [1.165, 1.54) is 18.4 Å². The summed E-state index contributed by atoms with van der Waals surface area (Å²) < 4.78 is 25.4. The number of benzene rings is 1. The van der Waals surface area contributed by atoms with Gasteiger partial charge in [-0.2, -0.15) is 0 Å². The Kier molecular flexibility index (Phi) is 4.30. The van der Waals surface area contributed by atoms with Gasteiger partial charge in [-0.05, 0) is 18.6 Å². The second-order valence-electron chi connectivity index (χ2n) is 4.35. The molecule has 0 aromatic heterocycles. The van der Waals surface area contributed by atoms with Crippen LogP contribution in [-0.2, 0) is 10.0 Å². The van der Waals surface area contributed by atoms with Crippen molar-refractivity contribution in [3.05, 3.63) is 29.8 Å². The maximum Gasteiger partial charge on any atom is 0.242 e. The quantitative estimate of drug-likeness (QED) is 0.887. The minimum Gasteiger partial charge on any atom is -0.393 e. The van der Waals surface area contributed by atoms with Crippen molar-refractivity contribution in [1.82, 2.24) is 4.31 Å². The van der Waals surface area contributed by atoms with Gasteiger partial charge in [0.2, 0.25) is 10.0 Å². The van der Waals surface area contributed by atoms with Gasteiger partial charge in [-0.1, -0.05) is 25.1 Å². The summed E-state index contributed by atoms with van der Waals surface area (Å²) in [7, 11) is -0.466. The Bertz CT molecular complexity index is 480. The highest BCUT2D eigenvalue weighted by atomic mass is 32.2. The summed E-state index contributed by atoms with van der Waals surface area (Å²) in [6, 6.07) is 6.79. The molecular formula is C12H19NO3S. The molecule has 4 nitrogen and oxygen atoms in total. The summed E-state index contributed by atoms with van der Waals surface area (Å²) >= 11 is 0. The lowest BCUT2D eigenvalue weighted by Gasteiger charge is -2.20. The van der Waals surface area contributed by atoms with Gasteiger partial charge in [0, 0.05) is 20.0 Å². The minimum absolute atomic E-state index is 0.221. The fourth-order valence-electron chi connectivity index (χ4n) is 1.55. The van der Waals surface area contributed by atoms with E-state index < -0.39 is 16.1 Å². The number of aliphatic hydroxyl groups excluding tert-OH is 1. The molecule has 2 unspecified atom stereocenters. The van der Waals surface area contributed by atoms with Crippen molar-refractivity contribution in [3.63, 3.8) is 0 Å². The van der Waals surface area contributed by atoms with Crippen LogP contribution in [0.15, 0.2) is 29.2 Å². The van der Waals surface area contributed by atoms with Gasteiger partial charge in [0.05, 0.1) is 11.0 Å². The van der Waals surface area contributed by atoms with Crippen LogP contribution < -0.4 is 0 Å². The Labute approximate surface area is 103 Å². The molecule has 0 aliphatic carbocycles. The van der Waals surface area contributed by atoms with Crippen molar-refractivity contribution in [3.8, 4) is 0 Å². The van der Waals surface area contributed by atoms with E-state index in [-0.39, 0.29) is 10.8 Å². The molecule has 1 aromatic carbocycles. The lowest BCUT2D eigenvalue weighted by atomic mass is 9.96. The number of rotatable bonds is 4. The normalized spacial score (nSPS) is 15.9. The van der Waals surface area contributed by atoms with E-state index in [1.54, 1.807) is 31.2 Å². The number of hydrogen-bond donors (Lipinski definition) is 1. The molecule has 0 amide bonds. The summed E-state index contributed by atoms with van der Waals surface area (Å²) in [6.07, 6.45) is -0.589. The third kappa shape index (κ3) is 2.86. The molecule has 0 fully saturated rings. The van der Waals surface area contributed by atoms with E-state index in [1.807, 2.05) is 6.92 Å². The van der Waals surface area contributed by atoms with Gasteiger partial charge in [0.1, 0.15) is 0 Å². The van der Waals surface area contributed by atoms with E-state index in [2.05, 4.69) is 0 Å². The van der Waals surface area contributed by atoms with Gasteiger partial charge in [0.25, 0.3) is 0 Å². The first-order valence-electron chi connectivity index (χ1n) is 5.48. The zero-order valence-corrected chi connectivity index (χ0v) is 11.4. The Morgan fingerprint density at radius 1 is 1.18 bits per heavy atom. The van der Waals surface area contributed by atoms with Crippen LogP contribution >= 0.6 is 0 Å². The van der Waals surface area contributed by atoms with Crippen LogP contribution in [0.2, 0.25) is 0 Å². The molecule has 1 aromatic rings. The molecule has 0 radical (unpaired) electrons. The first-order chi connectivity index (χ1) is 7.78. The molecule has 0 heterocycles. The van der Waals surface area contributed by atoms with E-state index in [0.29, 0.717) is 5.56 Å². The molecule has 0 aliphatic rings. The second-order valence-corrected chi connectivity index (χ2v) is 6.47. The van der Waals surface area contributed by atoms with Crippen LogP contribution in [0.5, 0.6) is 0 Å². The molecule has 0 saturated heterocycles. The maximum absolute atomic E-state index is 12.1. The van der Waals surface area contributed by atoms with E-state index in [0.717, 1.165) is 0 Å². The number of nitrogens with zero attached hydrogens (tertiary/aromatic N) is 1.